The number of carbonyl (C=O) groups excluding carboxylic acids is 1. The Morgan fingerprint density at radius 3 is 2.77 bits per heavy atom. The van der Waals surface area contributed by atoms with Gasteiger partial charge in [0.15, 0.2) is 11.3 Å². The second-order valence-corrected chi connectivity index (χ2v) is 6.75. The highest BCUT2D eigenvalue weighted by Crippen LogP contribution is 2.29. The number of benzene rings is 3. The van der Waals surface area contributed by atoms with Gasteiger partial charge in [0.2, 0.25) is 5.89 Å². The summed E-state index contributed by atoms with van der Waals surface area (Å²) in [7, 11) is 1.33. The molecule has 1 heterocycles. The second kappa shape index (κ2) is 7.84. The third-order valence-corrected chi connectivity index (χ3v) is 4.59. The zero-order valence-corrected chi connectivity index (χ0v) is 16.3. The molecule has 0 unspecified atom stereocenters. The van der Waals surface area contributed by atoms with Gasteiger partial charge in [0.1, 0.15) is 5.52 Å². The molecule has 30 heavy (non-hydrogen) atoms. The van der Waals surface area contributed by atoms with Gasteiger partial charge in [0.25, 0.3) is 5.91 Å². The minimum Gasteiger partial charge on any atom is -0.490 e. The largest absolute Gasteiger partial charge is 0.490 e. The maximum atomic E-state index is 12.6. The Kier molecular flexibility index (Phi) is 5.07. The van der Waals surface area contributed by atoms with Gasteiger partial charge < -0.3 is 14.5 Å². The first-order valence-electron chi connectivity index (χ1n) is 8.75. The standard InChI is InChI=1S/C21H14ClN3O5/c1-29-19-7-5-12(10-17(19)25(27)28)20(26)23-15-4-2-3-13(9-15)21-24-16-11-14(22)6-8-18(16)30-21/h2-11H,1H3,(H,23,26). The van der Waals surface area contributed by atoms with Crippen molar-refractivity contribution in [2.24, 2.45) is 0 Å². The first-order chi connectivity index (χ1) is 14.4. The number of nitrogens with zero attached hydrogens (tertiary/aromatic N) is 2. The fourth-order valence-corrected chi connectivity index (χ4v) is 3.10. The number of ether oxygens (including phenoxy) is 1. The van der Waals surface area contributed by atoms with Crippen molar-refractivity contribution in [3.63, 3.8) is 0 Å². The van der Waals surface area contributed by atoms with Crippen LogP contribution in [0.25, 0.3) is 22.6 Å². The van der Waals surface area contributed by atoms with E-state index in [0.717, 1.165) is 0 Å². The van der Waals surface area contributed by atoms with Crippen LogP contribution < -0.4 is 10.1 Å². The number of methoxy groups -OCH3 is 1. The summed E-state index contributed by atoms with van der Waals surface area (Å²) >= 11 is 5.99. The Balaban J connectivity index is 1.60. The molecule has 1 amide bonds. The topological polar surface area (TPSA) is 108 Å². The SMILES string of the molecule is COc1ccc(C(=O)Nc2cccc(-c3nc4cc(Cl)ccc4o3)c2)cc1[N+](=O)[O-]. The highest BCUT2D eigenvalue weighted by Gasteiger charge is 2.18. The first-order valence-corrected chi connectivity index (χ1v) is 9.13. The molecule has 0 spiro atoms. The molecule has 0 fully saturated rings. The number of fused-ring (bicyclic) bond motifs is 1. The molecular formula is C21H14ClN3O5. The quantitative estimate of drug-likeness (QED) is 0.344. The van der Waals surface area contributed by atoms with E-state index in [0.29, 0.717) is 33.3 Å². The van der Waals surface area contributed by atoms with Crippen LogP contribution in [0.5, 0.6) is 5.75 Å². The summed E-state index contributed by atoms with van der Waals surface area (Å²) in [4.78, 5) is 27.6. The molecule has 0 radical (unpaired) electrons. The Morgan fingerprint density at radius 1 is 1.17 bits per heavy atom. The van der Waals surface area contributed by atoms with Gasteiger partial charge in [-0.05, 0) is 48.5 Å². The summed E-state index contributed by atoms with van der Waals surface area (Å²) in [6, 6.07) is 16.1. The van der Waals surface area contributed by atoms with Gasteiger partial charge in [-0.1, -0.05) is 17.7 Å². The van der Waals surface area contributed by atoms with Crippen LogP contribution in [-0.2, 0) is 0 Å². The van der Waals surface area contributed by atoms with E-state index in [4.69, 9.17) is 20.8 Å². The van der Waals surface area contributed by atoms with Crippen LogP contribution in [0.15, 0.2) is 65.1 Å². The number of hydrogen-bond donors (Lipinski definition) is 1. The molecule has 9 heteroatoms. The zero-order chi connectivity index (χ0) is 21.3. The van der Waals surface area contributed by atoms with Crippen LogP contribution >= 0.6 is 11.6 Å². The Bertz CT molecular complexity index is 1280. The number of oxazole rings is 1. The lowest BCUT2D eigenvalue weighted by Crippen LogP contribution is -2.12. The van der Waals surface area contributed by atoms with E-state index in [9.17, 15) is 14.9 Å². The molecule has 0 atom stereocenters. The molecule has 3 aromatic carbocycles. The lowest BCUT2D eigenvalue weighted by Gasteiger charge is -2.07. The predicted molar refractivity (Wildman–Crippen MR) is 112 cm³/mol. The van der Waals surface area contributed by atoms with Gasteiger partial charge in [0, 0.05) is 27.9 Å². The van der Waals surface area contributed by atoms with E-state index < -0.39 is 10.8 Å². The van der Waals surface area contributed by atoms with Crippen LogP contribution in [0.1, 0.15) is 10.4 Å². The third kappa shape index (κ3) is 3.81. The number of rotatable bonds is 5. The van der Waals surface area contributed by atoms with Crippen molar-refractivity contribution >= 4 is 40.0 Å². The van der Waals surface area contributed by atoms with Crippen LogP contribution in [0.4, 0.5) is 11.4 Å². The van der Waals surface area contributed by atoms with Gasteiger partial charge >= 0.3 is 5.69 Å². The Hall–Kier alpha value is -3.91. The molecule has 0 bridgehead atoms. The monoisotopic (exact) mass is 423 g/mol. The number of anilines is 1. The lowest BCUT2D eigenvalue weighted by atomic mass is 10.1. The summed E-state index contributed by atoms with van der Waals surface area (Å²) in [5, 5.41) is 14.5. The summed E-state index contributed by atoms with van der Waals surface area (Å²) < 4.78 is 10.7. The maximum absolute atomic E-state index is 12.6. The smallest absolute Gasteiger partial charge is 0.311 e. The zero-order valence-electron chi connectivity index (χ0n) is 15.6. The van der Waals surface area contributed by atoms with Gasteiger partial charge in [-0.2, -0.15) is 0 Å². The molecule has 0 aliphatic rings. The Labute approximate surface area is 175 Å². The Morgan fingerprint density at radius 2 is 2.00 bits per heavy atom. The van der Waals surface area contributed by atoms with Crippen molar-refractivity contribution in [2.45, 2.75) is 0 Å². The highest BCUT2D eigenvalue weighted by atomic mass is 35.5. The van der Waals surface area contributed by atoms with E-state index in [-0.39, 0.29) is 17.0 Å². The molecule has 0 saturated carbocycles. The molecule has 8 nitrogen and oxygen atoms in total. The first kappa shape index (κ1) is 19.4. The molecule has 0 saturated heterocycles. The van der Waals surface area contributed by atoms with Crippen LogP contribution in [0, 0.1) is 10.1 Å². The fourth-order valence-electron chi connectivity index (χ4n) is 2.93. The van der Waals surface area contributed by atoms with Crippen LogP contribution in [-0.4, -0.2) is 22.9 Å². The number of halogens is 1. The summed E-state index contributed by atoms with van der Waals surface area (Å²) in [6.45, 7) is 0. The van der Waals surface area contributed by atoms with Gasteiger partial charge in [-0.15, -0.1) is 0 Å². The van der Waals surface area contributed by atoms with Crippen molar-refractivity contribution in [3.8, 4) is 17.2 Å². The third-order valence-electron chi connectivity index (χ3n) is 4.35. The fraction of sp³-hybridized carbons (Fsp3) is 0.0476. The van der Waals surface area contributed by atoms with Crippen LogP contribution in [0.2, 0.25) is 5.02 Å². The van der Waals surface area contributed by atoms with E-state index in [1.807, 2.05) is 0 Å². The number of carbonyl (C=O) groups is 1. The molecule has 4 rings (SSSR count). The molecule has 1 N–H and O–H groups in total. The minimum atomic E-state index is -0.601. The molecule has 150 valence electrons. The highest BCUT2D eigenvalue weighted by molar-refractivity contribution is 6.31. The molecule has 1 aromatic heterocycles. The number of hydrogen-bond acceptors (Lipinski definition) is 6. The summed E-state index contributed by atoms with van der Waals surface area (Å²) in [6.07, 6.45) is 0. The van der Waals surface area contributed by atoms with Crippen molar-refractivity contribution in [1.82, 2.24) is 4.98 Å². The molecular weight excluding hydrogens is 410 g/mol. The number of nitro benzene ring substituents is 1. The van der Waals surface area contributed by atoms with E-state index in [1.165, 1.54) is 25.3 Å². The average molecular weight is 424 g/mol. The summed E-state index contributed by atoms with van der Waals surface area (Å²) in [5.41, 5.74) is 2.19. The number of nitro groups is 1. The van der Waals surface area contributed by atoms with Gasteiger partial charge in [-0.3, -0.25) is 14.9 Å². The lowest BCUT2D eigenvalue weighted by molar-refractivity contribution is -0.385. The van der Waals surface area contributed by atoms with Crippen molar-refractivity contribution in [3.05, 3.63) is 81.4 Å². The second-order valence-electron chi connectivity index (χ2n) is 6.31. The predicted octanol–water partition coefficient (Wildman–Crippen LogP) is 5.32. The van der Waals surface area contributed by atoms with E-state index in [1.54, 1.807) is 42.5 Å². The number of aromatic nitrogens is 1. The van der Waals surface area contributed by atoms with Crippen LogP contribution in [0.3, 0.4) is 0 Å². The maximum Gasteiger partial charge on any atom is 0.311 e. The van der Waals surface area contributed by atoms with E-state index >= 15 is 0 Å². The van der Waals surface area contributed by atoms with E-state index in [2.05, 4.69) is 10.3 Å². The number of amides is 1. The average Bonchev–Trinajstić information content (AvgIpc) is 3.16. The molecule has 0 aliphatic carbocycles. The molecule has 4 aromatic rings. The number of nitrogens with one attached hydrogen (secondary N) is 1. The minimum absolute atomic E-state index is 0.0783. The van der Waals surface area contributed by atoms with Crippen molar-refractivity contribution in [2.75, 3.05) is 12.4 Å². The normalized spacial score (nSPS) is 10.7. The molecule has 0 aliphatic heterocycles. The van der Waals surface area contributed by atoms with Crippen molar-refractivity contribution < 1.29 is 18.9 Å². The van der Waals surface area contributed by atoms with Gasteiger partial charge in [-0.25, -0.2) is 4.98 Å². The summed E-state index contributed by atoms with van der Waals surface area (Å²) in [5.74, 6) is -0.0414. The van der Waals surface area contributed by atoms with Gasteiger partial charge in [0.05, 0.1) is 12.0 Å². The van der Waals surface area contributed by atoms with Crippen molar-refractivity contribution in [1.29, 1.82) is 0 Å².